The van der Waals surface area contributed by atoms with E-state index in [4.69, 9.17) is 0 Å². The van der Waals surface area contributed by atoms with Crippen molar-refractivity contribution in [2.75, 3.05) is 0 Å². The van der Waals surface area contributed by atoms with Crippen molar-refractivity contribution in [1.29, 1.82) is 0 Å². The van der Waals surface area contributed by atoms with Crippen molar-refractivity contribution in [3.8, 4) is 0 Å². The summed E-state index contributed by atoms with van der Waals surface area (Å²) in [4.78, 5) is 28.6. The molecule has 1 N–H and O–H groups in total. The highest BCUT2D eigenvalue weighted by Gasteiger charge is 2.40. The predicted octanol–water partition coefficient (Wildman–Crippen LogP) is 1.59. The molecule has 1 fully saturated rings. The van der Waals surface area contributed by atoms with Crippen LogP contribution >= 0.6 is 11.3 Å². The largest absolute Gasteiger partial charge is 0.479 e. The molecule has 6 heteroatoms. The number of carbonyl (C=O) groups excluding carboxylic acids is 1. The van der Waals surface area contributed by atoms with Gasteiger partial charge in [-0.05, 0) is 19.8 Å². The summed E-state index contributed by atoms with van der Waals surface area (Å²) in [5.74, 6) is -1.22. The first-order valence-electron chi connectivity index (χ1n) is 5.44. The van der Waals surface area contributed by atoms with E-state index in [1.165, 1.54) is 23.2 Å². The smallest absolute Gasteiger partial charge is 0.332 e. The van der Waals surface area contributed by atoms with Crippen LogP contribution < -0.4 is 0 Å². The van der Waals surface area contributed by atoms with Crippen molar-refractivity contribution >= 4 is 23.2 Å². The number of carbonyl (C=O) groups is 2. The topological polar surface area (TPSA) is 70.5 Å². The van der Waals surface area contributed by atoms with Crippen LogP contribution in [0.25, 0.3) is 0 Å². The average Bonchev–Trinajstić information content (AvgIpc) is 2.97. The molecule has 1 aromatic heterocycles. The highest BCUT2D eigenvalue weighted by atomic mass is 32.1. The van der Waals surface area contributed by atoms with Crippen molar-refractivity contribution in [1.82, 2.24) is 9.88 Å². The molecule has 0 saturated heterocycles. The van der Waals surface area contributed by atoms with Crippen LogP contribution in [-0.4, -0.2) is 32.9 Å². The molecule has 5 nitrogen and oxygen atoms in total. The molecule has 0 aromatic carbocycles. The number of aliphatic carboxylic acids is 1. The van der Waals surface area contributed by atoms with Gasteiger partial charge in [0.15, 0.2) is 6.04 Å². The van der Waals surface area contributed by atoms with Gasteiger partial charge in [0, 0.05) is 18.3 Å². The van der Waals surface area contributed by atoms with E-state index in [0.29, 0.717) is 5.69 Å². The van der Waals surface area contributed by atoms with E-state index in [-0.39, 0.29) is 11.9 Å². The Hall–Kier alpha value is -1.43. The van der Waals surface area contributed by atoms with Gasteiger partial charge >= 0.3 is 5.97 Å². The number of hydrogen-bond donors (Lipinski definition) is 1. The van der Waals surface area contributed by atoms with Crippen molar-refractivity contribution in [2.45, 2.75) is 38.8 Å². The molecule has 0 bridgehead atoms. The standard InChI is InChI=1S/C11H14N2O3S/c1-6-12-9(5-17-6)10(11(15)16)13(7(2)14)8-3-4-8/h5,8,10H,3-4H2,1-2H3,(H,15,16). The molecule has 1 amide bonds. The SMILES string of the molecule is CC(=O)N(C1CC1)C(C(=O)O)c1csc(C)n1. The number of carboxylic acid groups (broad SMARTS) is 1. The van der Waals surface area contributed by atoms with Gasteiger partial charge in [0.25, 0.3) is 0 Å². The zero-order valence-electron chi connectivity index (χ0n) is 9.71. The predicted molar refractivity (Wildman–Crippen MR) is 62.8 cm³/mol. The first kappa shape index (κ1) is 12.0. The van der Waals surface area contributed by atoms with Gasteiger partial charge in [-0.2, -0.15) is 0 Å². The number of rotatable bonds is 4. The zero-order valence-corrected chi connectivity index (χ0v) is 10.5. The molecule has 0 radical (unpaired) electrons. The lowest BCUT2D eigenvalue weighted by atomic mass is 10.2. The third kappa shape index (κ3) is 2.46. The van der Waals surface area contributed by atoms with E-state index in [0.717, 1.165) is 17.8 Å². The number of aromatic nitrogens is 1. The Bertz CT molecular complexity index is 453. The normalized spacial score (nSPS) is 16.6. The first-order chi connectivity index (χ1) is 8.00. The lowest BCUT2D eigenvalue weighted by molar-refractivity contribution is -0.150. The molecular formula is C11H14N2O3S. The Morgan fingerprint density at radius 3 is 2.59 bits per heavy atom. The Labute approximate surface area is 103 Å². The van der Waals surface area contributed by atoms with Gasteiger partial charge in [-0.25, -0.2) is 9.78 Å². The quantitative estimate of drug-likeness (QED) is 0.885. The number of amides is 1. The maximum atomic E-state index is 11.6. The van der Waals surface area contributed by atoms with Gasteiger partial charge < -0.3 is 10.0 Å². The molecular weight excluding hydrogens is 240 g/mol. The summed E-state index contributed by atoms with van der Waals surface area (Å²) in [6.07, 6.45) is 1.76. The number of nitrogens with zero attached hydrogens (tertiary/aromatic N) is 2. The lowest BCUT2D eigenvalue weighted by Crippen LogP contribution is -2.39. The Morgan fingerprint density at radius 1 is 1.59 bits per heavy atom. The van der Waals surface area contributed by atoms with Gasteiger partial charge in [0.1, 0.15) is 0 Å². The molecule has 1 heterocycles. The minimum atomic E-state index is -1.02. The zero-order chi connectivity index (χ0) is 12.6. The van der Waals surface area contributed by atoms with Crippen molar-refractivity contribution in [3.63, 3.8) is 0 Å². The molecule has 0 aliphatic heterocycles. The average molecular weight is 254 g/mol. The lowest BCUT2D eigenvalue weighted by Gasteiger charge is -2.26. The summed E-state index contributed by atoms with van der Waals surface area (Å²) in [6.45, 7) is 3.23. The van der Waals surface area contributed by atoms with Crippen LogP contribution in [0.4, 0.5) is 0 Å². The van der Waals surface area contributed by atoms with Gasteiger partial charge in [-0.1, -0.05) is 0 Å². The summed E-state index contributed by atoms with van der Waals surface area (Å²) in [7, 11) is 0. The summed E-state index contributed by atoms with van der Waals surface area (Å²) < 4.78 is 0. The second-order valence-electron chi connectivity index (χ2n) is 4.19. The highest BCUT2D eigenvalue weighted by molar-refractivity contribution is 7.09. The van der Waals surface area contributed by atoms with Gasteiger partial charge in [0.2, 0.25) is 5.91 Å². The van der Waals surface area contributed by atoms with Crippen molar-refractivity contribution in [2.24, 2.45) is 0 Å². The van der Waals surface area contributed by atoms with Crippen LogP contribution in [-0.2, 0) is 9.59 Å². The second-order valence-corrected chi connectivity index (χ2v) is 5.25. The second kappa shape index (κ2) is 4.44. The van der Waals surface area contributed by atoms with E-state index < -0.39 is 12.0 Å². The molecule has 92 valence electrons. The Morgan fingerprint density at radius 2 is 2.24 bits per heavy atom. The number of aryl methyl sites for hydroxylation is 1. The summed E-state index contributed by atoms with van der Waals surface area (Å²) in [5, 5.41) is 11.8. The van der Waals surface area contributed by atoms with E-state index in [9.17, 15) is 14.7 Å². The number of thiazole rings is 1. The molecule has 2 rings (SSSR count). The van der Waals surface area contributed by atoms with Crippen LogP contribution in [0.1, 0.15) is 36.5 Å². The minimum Gasteiger partial charge on any atom is -0.479 e. The summed E-state index contributed by atoms with van der Waals surface area (Å²) in [5.41, 5.74) is 0.460. The van der Waals surface area contributed by atoms with Crippen LogP contribution in [0.3, 0.4) is 0 Å². The van der Waals surface area contributed by atoms with Gasteiger partial charge in [-0.3, -0.25) is 4.79 Å². The van der Waals surface area contributed by atoms with Gasteiger partial charge in [0.05, 0.1) is 10.7 Å². The molecule has 1 unspecified atom stereocenters. The number of hydrogen-bond acceptors (Lipinski definition) is 4. The van der Waals surface area contributed by atoms with Crippen LogP contribution in [0.15, 0.2) is 5.38 Å². The molecule has 1 aliphatic carbocycles. The Balaban J connectivity index is 2.33. The third-order valence-corrected chi connectivity index (χ3v) is 3.52. The minimum absolute atomic E-state index is 0.0654. The maximum Gasteiger partial charge on any atom is 0.332 e. The third-order valence-electron chi connectivity index (χ3n) is 2.73. The highest BCUT2D eigenvalue weighted by Crippen LogP contribution is 2.35. The maximum absolute atomic E-state index is 11.6. The summed E-state index contributed by atoms with van der Waals surface area (Å²) in [6, 6.07) is -0.874. The Kier molecular flexibility index (Phi) is 3.15. The van der Waals surface area contributed by atoms with Crippen LogP contribution in [0.2, 0.25) is 0 Å². The fraction of sp³-hybridized carbons (Fsp3) is 0.545. The van der Waals surface area contributed by atoms with Gasteiger partial charge in [-0.15, -0.1) is 11.3 Å². The van der Waals surface area contributed by atoms with Crippen molar-refractivity contribution in [3.05, 3.63) is 16.1 Å². The monoisotopic (exact) mass is 254 g/mol. The van der Waals surface area contributed by atoms with Crippen LogP contribution in [0, 0.1) is 6.92 Å². The van der Waals surface area contributed by atoms with Crippen LogP contribution in [0.5, 0.6) is 0 Å². The molecule has 1 saturated carbocycles. The fourth-order valence-corrected chi connectivity index (χ4v) is 2.53. The van der Waals surface area contributed by atoms with E-state index in [1.54, 1.807) is 5.38 Å². The molecule has 17 heavy (non-hydrogen) atoms. The molecule has 1 aliphatic rings. The van der Waals surface area contributed by atoms with Crippen molar-refractivity contribution < 1.29 is 14.7 Å². The van der Waals surface area contributed by atoms with E-state index >= 15 is 0 Å². The van der Waals surface area contributed by atoms with E-state index in [2.05, 4.69) is 4.98 Å². The van der Waals surface area contributed by atoms with E-state index in [1.807, 2.05) is 6.92 Å². The molecule has 1 atom stereocenters. The summed E-state index contributed by atoms with van der Waals surface area (Å²) >= 11 is 1.40. The molecule has 1 aromatic rings. The molecule has 0 spiro atoms. The first-order valence-corrected chi connectivity index (χ1v) is 6.32. The number of carboxylic acids is 1. The fourth-order valence-electron chi connectivity index (χ4n) is 1.90.